The van der Waals surface area contributed by atoms with Crippen LogP contribution < -0.4 is 16.0 Å². The maximum Gasteiger partial charge on any atom is 0.328 e. The number of esters is 3. The summed E-state index contributed by atoms with van der Waals surface area (Å²) in [5.74, 6) is -7.02. The lowest BCUT2D eigenvalue weighted by molar-refractivity contribution is -0.170. The van der Waals surface area contributed by atoms with E-state index in [2.05, 4.69) is 16.0 Å². The molecule has 0 aliphatic carbocycles. The smallest absolute Gasteiger partial charge is 0.328 e. The summed E-state index contributed by atoms with van der Waals surface area (Å²) >= 11 is 0. The van der Waals surface area contributed by atoms with Gasteiger partial charge in [0.15, 0.2) is 0 Å². The molecule has 0 unspecified atom stereocenters. The standard InChI is InChI=1S/C33H54N6O15/c1-19-16-28(43)37(49)13-8-11-26(35-23(5)41)32(47)53-21(3)18-30(45)39(51)15-9-12-27(36-24(6)42)33(48)54-20(2)17-29(44)38(50)14-7-10-25(31(46)52-19)34-22(4)40/h19-21,25-27,49-51H,7-18H2,1-6H3,(H,34,40)(H,35,41)(H,36,42)/t19-,20-,21-,25+,26+,27+/m1/s1. The first-order valence-electron chi connectivity index (χ1n) is 17.6. The number of hydroxylamine groups is 6. The number of carbonyl (C=O) groups excluding carboxylic acids is 9. The molecule has 54 heavy (non-hydrogen) atoms. The largest absolute Gasteiger partial charge is 0.461 e. The quantitative estimate of drug-likeness (QED) is 0.119. The third-order valence-electron chi connectivity index (χ3n) is 7.78. The fraction of sp³-hybridized carbons (Fsp3) is 0.727. The lowest BCUT2D eigenvalue weighted by atomic mass is 10.1. The number of nitrogens with one attached hydrogen (secondary N) is 3. The van der Waals surface area contributed by atoms with Gasteiger partial charge in [0, 0.05) is 40.4 Å². The minimum Gasteiger partial charge on any atom is -0.461 e. The molecule has 6 atom stereocenters. The average molecular weight is 775 g/mol. The van der Waals surface area contributed by atoms with E-state index in [1.54, 1.807) is 0 Å². The molecule has 0 saturated carbocycles. The van der Waals surface area contributed by atoms with E-state index in [1.807, 2.05) is 0 Å². The van der Waals surface area contributed by atoms with E-state index in [0.29, 0.717) is 15.2 Å². The van der Waals surface area contributed by atoms with Gasteiger partial charge in [0.25, 0.3) is 0 Å². The average Bonchev–Trinajstić information content (AvgIpc) is 3.05. The molecule has 21 heteroatoms. The summed E-state index contributed by atoms with van der Waals surface area (Å²) in [4.78, 5) is 112. The lowest BCUT2D eigenvalue weighted by Gasteiger charge is -2.24. The fourth-order valence-corrected chi connectivity index (χ4v) is 5.21. The molecule has 0 aromatic heterocycles. The van der Waals surface area contributed by atoms with E-state index in [-0.39, 0.29) is 58.2 Å². The fourth-order valence-electron chi connectivity index (χ4n) is 5.21. The maximum absolute atomic E-state index is 12.9. The van der Waals surface area contributed by atoms with Gasteiger partial charge in [-0.15, -0.1) is 0 Å². The van der Waals surface area contributed by atoms with Gasteiger partial charge in [-0.05, 0) is 59.3 Å². The highest BCUT2D eigenvalue weighted by molar-refractivity contribution is 5.85. The molecule has 1 aliphatic rings. The number of hydrogen-bond donors (Lipinski definition) is 6. The van der Waals surface area contributed by atoms with Gasteiger partial charge in [0.05, 0.1) is 19.3 Å². The summed E-state index contributed by atoms with van der Waals surface area (Å²) in [6.45, 7) is 6.73. The normalized spacial score (nSPS) is 26.5. The molecule has 6 amide bonds. The van der Waals surface area contributed by atoms with Crippen molar-refractivity contribution in [2.45, 2.75) is 136 Å². The maximum atomic E-state index is 12.9. The molecule has 0 radical (unpaired) electrons. The number of ether oxygens (including phenoxy) is 3. The monoisotopic (exact) mass is 774 g/mol. The van der Waals surface area contributed by atoms with E-state index in [1.165, 1.54) is 20.8 Å². The molecule has 1 fully saturated rings. The molecular formula is C33H54N6O15. The van der Waals surface area contributed by atoms with Crippen molar-refractivity contribution in [3.05, 3.63) is 0 Å². The number of carbonyl (C=O) groups is 9. The van der Waals surface area contributed by atoms with E-state index >= 15 is 0 Å². The predicted octanol–water partition coefficient (Wildman–Crippen LogP) is -0.526. The molecule has 1 aliphatic heterocycles. The van der Waals surface area contributed by atoms with Crippen LogP contribution in [0.1, 0.15) is 99.3 Å². The van der Waals surface area contributed by atoms with Crippen molar-refractivity contribution < 1.29 is 73.0 Å². The van der Waals surface area contributed by atoms with Crippen LogP contribution in [0.3, 0.4) is 0 Å². The Balaban J connectivity index is 3.18. The van der Waals surface area contributed by atoms with Crippen LogP contribution in [0.25, 0.3) is 0 Å². The van der Waals surface area contributed by atoms with Crippen LogP contribution in [0.2, 0.25) is 0 Å². The topological polar surface area (TPSA) is 288 Å². The predicted molar refractivity (Wildman–Crippen MR) is 182 cm³/mol. The first-order valence-corrected chi connectivity index (χ1v) is 17.6. The van der Waals surface area contributed by atoms with Crippen molar-refractivity contribution >= 4 is 53.4 Å². The van der Waals surface area contributed by atoms with Gasteiger partial charge in [0.2, 0.25) is 35.4 Å². The number of cyclic esters (lactones) is 3. The minimum atomic E-state index is -1.22. The first-order chi connectivity index (χ1) is 25.2. The number of hydrogen-bond acceptors (Lipinski definition) is 15. The van der Waals surface area contributed by atoms with Crippen LogP contribution in [0, 0.1) is 0 Å². The van der Waals surface area contributed by atoms with Gasteiger partial charge in [0.1, 0.15) is 36.4 Å². The zero-order valence-electron chi connectivity index (χ0n) is 31.5. The Morgan fingerprint density at radius 1 is 0.500 bits per heavy atom. The third kappa shape index (κ3) is 18.7. The van der Waals surface area contributed by atoms with Crippen molar-refractivity contribution in [1.82, 2.24) is 31.1 Å². The second-order valence-electron chi connectivity index (χ2n) is 13.1. The minimum absolute atomic E-state index is 0.00486. The number of amides is 6. The zero-order valence-corrected chi connectivity index (χ0v) is 31.5. The van der Waals surface area contributed by atoms with Crippen LogP contribution in [0.5, 0.6) is 0 Å². The molecule has 6 N–H and O–H groups in total. The molecule has 0 bridgehead atoms. The molecule has 1 rings (SSSR count). The van der Waals surface area contributed by atoms with Crippen molar-refractivity contribution in [2.24, 2.45) is 0 Å². The molecule has 0 spiro atoms. The molecular weight excluding hydrogens is 720 g/mol. The molecule has 0 aromatic carbocycles. The van der Waals surface area contributed by atoms with Crippen LogP contribution >= 0.6 is 0 Å². The second-order valence-corrected chi connectivity index (χ2v) is 13.1. The third-order valence-corrected chi connectivity index (χ3v) is 7.78. The van der Waals surface area contributed by atoms with Gasteiger partial charge < -0.3 is 30.2 Å². The first kappa shape index (κ1) is 47.1. The zero-order chi connectivity index (χ0) is 41.1. The summed E-state index contributed by atoms with van der Waals surface area (Å²) < 4.78 is 15.9. The summed E-state index contributed by atoms with van der Waals surface area (Å²) in [6, 6.07) is -3.66. The Morgan fingerprint density at radius 2 is 0.722 bits per heavy atom. The Morgan fingerprint density at radius 3 is 0.926 bits per heavy atom. The van der Waals surface area contributed by atoms with Crippen LogP contribution in [0.4, 0.5) is 0 Å². The SMILES string of the molecule is CC(=O)N[C@H]1CCCN(O)C(=O)C[C@@H](C)OC(=O)[C@@H](NC(C)=O)CCCN(O)C(=O)C[C@@H](C)OC(=O)[C@@H](NC(C)=O)CCCN(O)C(=O)C[C@@H](C)OC1=O. The Labute approximate surface area is 312 Å². The van der Waals surface area contributed by atoms with E-state index in [4.69, 9.17) is 14.2 Å². The van der Waals surface area contributed by atoms with Gasteiger partial charge in [-0.1, -0.05) is 0 Å². The summed E-state index contributed by atoms with van der Waals surface area (Å²) in [5, 5.41) is 39.2. The van der Waals surface area contributed by atoms with Crippen molar-refractivity contribution in [2.75, 3.05) is 19.6 Å². The molecule has 0 aromatic rings. The van der Waals surface area contributed by atoms with Gasteiger partial charge in [-0.2, -0.15) is 0 Å². The summed E-state index contributed by atoms with van der Waals surface area (Å²) in [5.41, 5.74) is 0. The molecule has 1 saturated heterocycles. The Kier molecular flexibility index (Phi) is 20.7. The highest BCUT2D eigenvalue weighted by Gasteiger charge is 2.29. The van der Waals surface area contributed by atoms with Gasteiger partial charge >= 0.3 is 17.9 Å². The summed E-state index contributed by atoms with van der Waals surface area (Å²) in [7, 11) is 0. The number of nitrogens with zero attached hydrogens (tertiary/aromatic N) is 3. The summed E-state index contributed by atoms with van der Waals surface area (Å²) in [6.07, 6.45) is -4.89. The van der Waals surface area contributed by atoms with Gasteiger partial charge in [-0.25, -0.2) is 29.6 Å². The van der Waals surface area contributed by atoms with Gasteiger partial charge in [-0.3, -0.25) is 44.4 Å². The van der Waals surface area contributed by atoms with Crippen molar-refractivity contribution in [3.8, 4) is 0 Å². The molecule has 306 valence electrons. The molecule has 21 nitrogen and oxygen atoms in total. The van der Waals surface area contributed by atoms with Crippen molar-refractivity contribution in [1.29, 1.82) is 0 Å². The highest BCUT2D eigenvalue weighted by Crippen LogP contribution is 2.13. The van der Waals surface area contributed by atoms with Crippen molar-refractivity contribution in [3.63, 3.8) is 0 Å². The second kappa shape index (κ2) is 23.7. The Hall–Kier alpha value is -4.89. The lowest BCUT2D eigenvalue weighted by Crippen LogP contribution is -2.44. The van der Waals surface area contributed by atoms with E-state index < -0.39 is 109 Å². The van der Waals surface area contributed by atoms with Crippen LogP contribution in [0.15, 0.2) is 0 Å². The molecule has 1 heterocycles. The Bertz CT molecular complexity index is 1190. The van der Waals surface area contributed by atoms with Crippen LogP contribution in [-0.2, 0) is 57.4 Å². The highest BCUT2D eigenvalue weighted by atomic mass is 16.6. The van der Waals surface area contributed by atoms with E-state index in [9.17, 15) is 58.8 Å². The van der Waals surface area contributed by atoms with E-state index in [0.717, 1.165) is 20.8 Å². The van der Waals surface area contributed by atoms with Crippen LogP contribution in [-0.4, -0.2) is 140 Å². The number of rotatable bonds is 3.